The molecule has 0 atom stereocenters. The number of nitrogens with zero attached hydrogens (tertiary/aromatic N) is 3. The van der Waals surface area contributed by atoms with Crippen LogP contribution in [0.25, 0.3) is 11.0 Å². The zero-order valence-corrected chi connectivity index (χ0v) is 13.7. The van der Waals surface area contributed by atoms with E-state index in [9.17, 15) is 0 Å². The number of H-pyrrole nitrogens is 1. The Morgan fingerprint density at radius 2 is 2.14 bits per heavy atom. The molecule has 1 saturated heterocycles. The summed E-state index contributed by atoms with van der Waals surface area (Å²) in [6.07, 6.45) is 12.9. The monoisotopic (exact) mass is 300 g/mol. The molecule has 0 bridgehead atoms. The second-order valence-electron chi connectivity index (χ2n) is 6.61. The van der Waals surface area contributed by atoms with Crippen LogP contribution in [-0.4, -0.2) is 39.5 Å². The highest BCUT2D eigenvalue weighted by molar-refractivity contribution is 5.73. The molecular weight excluding hydrogens is 272 g/mol. The van der Waals surface area contributed by atoms with Crippen molar-refractivity contribution in [3.63, 3.8) is 0 Å². The first-order chi connectivity index (χ1) is 10.8. The lowest BCUT2D eigenvalue weighted by Gasteiger charge is -2.31. The summed E-state index contributed by atoms with van der Waals surface area (Å²) in [6, 6.07) is 1.97. The number of unbranched alkanes of at least 4 members (excludes halogenated alkanes) is 1. The van der Waals surface area contributed by atoms with Crippen LogP contribution in [0.15, 0.2) is 18.5 Å². The fraction of sp³-hybridized carbons (Fsp3) is 0.667. The quantitative estimate of drug-likeness (QED) is 0.846. The molecule has 0 saturated carbocycles. The molecule has 1 N–H and O–H groups in total. The Labute approximate surface area is 133 Å². The van der Waals surface area contributed by atoms with Crippen molar-refractivity contribution in [3.05, 3.63) is 24.3 Å². The highest BCUT2D eigenvalue weighted by atomic mass is 15.1. The zero-order valence-electron chi connectivity index (χ0n) is 13.7. The minimum atomic E-state index is 0.985. The number of aromatic amines is 1. The van der Waals surface area contributed by atoms with Crippen LogP contribution >= 0.6 is 0 Å². The van der Waals surface area contributed by atoms with E-state index in [1.54, 1.807) is 6.20 Å². The van der Waals surface area contributed by atoms with Crippen molar-refractivity contribution in [2.75, 3.05) is 19.6 Å². The van der Waals surface area contributed by atoms with Crippen molar-refractivity contribution >= 4 is 11.0 Å². The van der Waals surface area contributed by atoms with Gasteiger partial charge in [-0.2, -0.15) is 0 Å². The second-order valence-corrected chi connectivity index (χ2v) is 6.61. The Balaban J connectivity index is 1.38. The number of rotatable bonds is 7. The fourth-order valence-corrected chi connectivity index (χ4v) is 3.49. The van der Waals surface area contributed by atoms with E-state index in [1.807, 2.05) is 12.3 Å². The molecule has 2 aromatic heterocycles. The van der Waals surface area contributed by atoms with Crippen LogP contribution in [0, 0.1) is 5.92 Å². The minimum absolute atomic E-state index is 0.985. The molecule has 0 unspecified atom stereocenters. The Bertz CT molecular complexity index is 536. The molecule has 0 aliphatic carbocycles. The molecule has 2 aromatic rings. The van der Waals surface area contributed by atoms with Crippen molar-refractivity contribution in [2.24, 2.45) is 5.92 Å². The molecule has 120 valence electrons. The number of hydrogen-bond donors (Lipinski definition) is 1. The summed E-state index contributed by atoms with van der Waals surface area (Å²) in [7, 11) is 0. The van der Waals surface area contributed by atoms with E-state index in [0.29, 0.717) is 0 Å². The molecule has 1 fully saturated rings. The number of aromatic nitrogens is 3. The van der Waals surface area contributed by atoms with Crippen LogP contribution in [0.2, 0.25) is 0 Å². The summed E-state index contributed by atoms with van der Waals surface area (Å²) in [5.41, 5.74) is 2.08. The number of hydrogen-bond acceptors (Lipinski definition) is 3. The molecule has 0 radical (unpaired) electrons. The molecule has 4 nitrogen and oxygen atoms in total. The minimum Gasteiger partial charge on any atom is -0.341 e. The average Bonchev–Trinajstić information content (AvgIpc) is 2.97. The first-order valence-corrected chi connectivity index (χ1v) is 8.86. The summed E-state index contributed by atoms with van der Waals surface area (Å²) >= 11 is 0. The lowest BCUT2D eigenvalue weighted by atomic mass is 9.91. The highest BCUT2D eigenvalue weighted by Crippen LogP contribution is 2.22. The van der Waals surface area contributed by atoms with Gasteiger partial charge in [0.1, 0.15) is 5.82 Å². The molecule has 0 aromatic carbocycles. The van der Waals surface area contributed by atoms with Gasteiger partial charge in [-0.05, 0) is 50.9 Å². The van der Waals surface area contributed by atoms with Crippen molar-refractivity contribution in [3.8, 4) is 0 Å². The van der Waals surface area contributed by atoms with Crippen LogP contribution in [0.4, 0.5) is 0 Å². The molecule has 1 aliphatic rings. The van der Waals surface area contributed by atoms with Gasteiger partial charge in [0.05, 0.1) is 17.2 Å². The lowest BCUT2D eigenvalue weighted by molar-refractivity contribution is 0.176. The maximum atomic E-state index is 4.63. The van der Waals surface area contributed by atoms with E-state index in [2.05, 4.69) is 26.8 Å². The number of fused-ring (bicyclic) bond motifs is 1. The average molecular weight is 300 g/mol. The molecule has 3 heterocycles. The van der Waals surface area contributed by atoms with Gasteiger partial charge in [-0.3, -0.25) is 4.98 Å². The SMILES string of the molecule is CCCCC1CCN(CCCc2nc3ccncc3[nH]2)CC1. The van der Waals surface area contributed by atoms with E-state index in [4.69, 9.17) is 0 Å². The maximum Gasteiger partial charge on any atom is 0.107 e. The summed E-state index contributed by atoms with van der Waals surface area (Å²) < 4.78 is 0. The molecule has 0 amide bonds. The van der Waals surface area contributed by atoms with E-state index >= 15 is 0 Å². The Hall–Kier alpha value is -1.42. The van der Waals surface area contributed by atoms with E-state index < -0.39 is 0 Å². The molecule has 3 rings (SSSR count). The zero-order chi connectivity index (χ0) is 15.2. The third-order valence-electron chi connectivity index (χ3n) is 4.89. The van der Waals surface area contributed by atoms with E-state index in [0.717, 1.165) is 29.2 Å². The summed E-state index contributed by atoms with van der Waals surface area (Å²) in [6.45, 7) is 6.08. The third-order valence-corrected chi connectivity index (χ3v) is 4.89. The third kappa shape index (κ3) is 4.07. The van der Waals surface area contributed by atoms with Gasteiger partial charge < -0.3 is 9.88 Å². The normalized spacial score (nSPS) is 17.3. The number of nitrogens with one attached hydrogen (secondary N) is 1. The van der Waals surface area contributed by atoms with Gasteiger partial charge in [0.15, 0.2) is 0 Å². The Morgan fingerprint density at radius 1 is 1.27 bits per heavy atom. The highest BCUT2D eigenvalue weighted by Gasteiger charge is 2.18. The first-order valence-electron chi connectivity index (χ1n) is 8.86. The van der Waals surface area contributed by atoms with Crippen molar-refractivity contribution in [1.29, 1.82) is 0 Å². The smallest absolute Gasteiger partial charge is 0.107 e. The largest absolute Gasteiger partial charge is 0.341 e. The van der Waals surface area contributed by atoms with Gasteiger partial charge in [0.2, 0.25) is 0 Å². The van der Waals surface area contributed by atoms with Crippen LogP contribution in [-0.2, 0) is 6.42 Å². The fourth-order valence-electron chi connectivity index (χ4n) is 3.49. The lowest BCUT2D eigenvalue weighted by Crippen LogP contribution is -2.34. The Kier molecular flexibility index (Phi) is 5.43. The van der Waals surface area contributed by atoms with Gasteiger partial charge >= 0.3 is 0 Å². The topological polar surface area (TPSA) is 44.8 Å². The number of imidazole rings is 1. The number of piperidine rings is 1. The summed E-state index contributed by atoms with van der Waals surface area (Å²) in [5.74, 6) is 2.08. The molecule has 22 heavy (non-hydrogen) atoms. The number of aryl methyl sites for hydroxylation is 1. The standard InChI is InChI=1S/C18H28N4/c1-2-3-5-15-8-12-22(13-9-15)11-4-6-18-20-16-7-10-19-14-17(16)21-18/h7,10,14-15H,2-6,8-9,11-13H2,1H3,(H,20,21). The summed E-state index contributed by atoms with van der Waals surface area (Å²) in [4.78, 5) is 14.8. The molecule has 0 spiro atoms. The second kappa shape index (κ2) is 7.73. The molecular formula is C18H28N4. The predicted molar refractivity (Wildman–Crippen MR) is 90.9 cm³/mol. The van der Waals surface area contributed by atoms with Crippen LogP contribution < -0.4 is 0 Å². The van der Waals surface area contributed by atoms with Crippen molar-refractivity contribution < 1.29 is 0 Å². The van der Waals surface area contributed by atoms with Crippen LogP contribution in [0.3, 0.4) is 0 Å². The van der Waals surface area contributed by atoms with Crippen LogP contribution in [0.1, 0.15) is 51.3 Å². The Morgan fingerprint density at radius 3 is 2.91 bits per heavy atom. The van der Waals surface area contributed by atoms with Crippen LogP contribution in [0.5, 0.6) is 0 Å². The van der Waals surface area contributed by atoms with E-state index in [-0.39, 0.29) is 0 Å². The summed E-state index contributed by atoms with van der Waals surface area (Å²) in [5, 5.41) is 0. The van der Waals surface area contributed by atoms with Crippen molar-refractivity contribution in [1.82, 2.24) is 19.9 Å². The number of likely N-dealkylation sites (tertiary alicyclic amines) is 1. The number of pyridine rings is 1. The first kappa shape index (κ1) is 15.5. The van der Waals surface area contributed by atoms with E-state index in [1.165, 1.54) is 58.2 Å². The van der Waals surface area contributed by atoms with Gasteiger partial charge in [0.25, 0.3) is 0 Å². The van der Waals surface area contributed by atoms with Gasteiger partial charge in [-0.15, -0.1) is 0 Å². The van der Waals surface area contributed by atoms with Gasteiger partial charge in [-0.25, -0.2) is 4.98 Å². The van der Waals surface area contributed by atoms with Crippen molar-refractivity contribution in [2.45, 2.75) is 51.9 Å². The molecule has 4 heteroatoms. The maximum absolute atomic E-state index is 4.63. The molecule has 1 aliphatic heterocycles. The van der Waals surface area contributed by atoms with Gasteiger partial charge in [0, 0.05) is 12.6 Å². The predicted octanol–water partition coefficient (Wildman–Crippen LogP) is 3.79. The van der Waals surface area contributed by atoms with Gasteiger partial charge in [-0.1, -0.05) is 26.2 Å².